The van der Waals surface area contributed by atoms with Gasteiger partial charge >= 0.3 is 0 Å². The van der Waals surface area contributed by atoms with Gasteiger partial charge in [0, 0.05) is 21.8 Å². The van der Waals surface area contributed by atoms with E-state index in [4.69, 9.17) is 9.26 Å². The van der Waals surface area contributed by atoms with Gasteiger partial charge in [0.2, 0.25) is 11.7 Å². The van der Waals surface area contributed by atoms with Gasteiger partial charge in [0.05, 0.1) is 13.7 Å². The first-order chi connectivity index (χ1) is 15.6. The molecule has 0 aliphatic rings. The highest BCUT2D eigenvalue weighted by Crippen LogP contribution is 2.23. The van der Waals surface area contributed by atoms with Crippen LogP contribution in [-0.2, 0) is 12.3 Å². The summed E-state index contributed by atoms with van der Waals surface area (Å²) in [5.41, 5.74) is 3.78. The Bertz CT molecular complexity index is 1190. The second kappa shape index (κ2) is 10.2. The molecule has 0 atom stereocenters. The maximum absolute atomic E-state index is 12.5. The van der Waals surface area contributed by atoms with Gasteiger partial charge in [-0.1, -0.05) is 47.1 Å². The zero-order valence-corrected chi connectivity index (χ0v) is 18.7. The molecule has 0 bridgehead atoms. The van der Waals surface area contributed by atoms with E-state index in [1.54, 1.807) is 18.9 Å². The van der Waals surface area contributed by atoms with Crippen molar-refractivity contribution < 1.29 is 14.1 Å². The Hall–Kier alpha value is -3.58. The molecule has 6 nitrogen and oxygen atoms in total. The summed E-state index contributed by atoms with van der Waals surface area (Å²) in [4.78, 5) is 18.0. The van der Waals surface area contributed by atoms with E-state index >= 15 is 0 Å². The molecule has 0 saturated heterocycles. The molecule has 7 heteroatoms. The molecule has 4 aromatic rings. The summed E-state index contributed by atoms with van der Waals surface area (Å²) in [7, 11) is 1.60. The first-order valence-corrected chi connectivity index (χ1v) is 11.1. The minimum atomic E-state index is -0.191. The van der Waals surface area contributed by atoms with Gasteiger partial charge in [0.25, 0.3) is 5.91 Å². The summed E-state index contributed by atoms with van der Waals surface area (Å²) in [6.07, 6.45) is 0. The number of hydrogen-bond acceptors (Lipinski definition) is 6. The highest BCUT2D eigenvalue weighted by atomic mass is 32.2. The number of aryl methyl sites for hydroxylation is 1. The lowest BCUT2D eigenvalue weighted by Crippen LogP contribution is -2.22. The highest BCUT2D eigenvalue weighted by molar-refractivity contribution is 7.98. The van der Waals surface area contributed by atoms with Crippen LogP contribution in [0.15, 0.2) is 82.2 Å². The summed E-state index contributed by atoms with van der Waals surface area (Å²) in [5, 5.41) is 6.80. The Labute approximate surface area is 191 Å². The van der Waals surface area contributed by atoms with Gasteiger partial charge in [-0.2, -0.15) is 4.98 Å². The number of aromatic nitrogens is 2. The number of hydrogen-bond donors (Lipinski definition) is 1. The maximum atomic E-state index is 12.5. The fraction of sp³-hybridized carbons (Fsp3) is 0.160. The fourth-order valence-corrected chi connectivity index (χ4v) is 3.87. The summed E-state index contributed by atoms with van der Waals surface area (Å²) >= 11 is 1.77. The largest absolute Gasteiger partial charge is 0.497 e. The lowest BCUT2D eigenvalue weighted by Gasteiger charge is -2.05. The monoisotopic (exact) mass is 445 g/mol. The fourth-order valence-electron chi connectivity index (χ4n) is 3.02. The van der Waals surface area contributed by atoms with Crippen LogP contribution in [-0.4, -0.2) is 23.2 Å². The van der Waals surface area contributed by atoms with Crippen molar-refractivity contribution in [1.82, 2.24) is 15.5 Å². The van der Waals surface area contributed by atoms with Crippen LogP contribution in [0, 0.1) is 6.92 Å². The lowest BCUT2D eigenvalue weighted by atomic mass is 10.1. The predicted molar refractivity (Wildman–Crippen MR) is 125 cm³/mol. The molecular weight excluding hydrogens is 422 g/mol. The van der Waals surface area contributed by atoms with Gasteiger partial charge in [-0.3, -0.25) is 4.79 Å². The van der Waals surface area contributed by atoms with Crippen LogP contribution < -0.4 is 10.1 Å². The van der Waals surface area contributed by atoms with Crippen molar-refractivity contribution in [2.24, 2.45) is 0 Å². The minimum absolute atomic E-state index is 0.154. The second-order valence-electron chi connectivity index (χ2n) is 7.23. The molecule has 162 valence electrons. The first kappa shape index (κ1) is 21.6. The first-order valence-electron chi connectivity index (χ1n) is 10.1. The Kier molecular flexibility index (Phi) is 6.87. The maximum Gasteiger partial charge on any atom is 0.251 e. The van der Waals surface area contributed by atoms with E-state index in [9.17, 15) is 4.79 Å². The summed E-state index contributed by atoms with van der Waals surface area (Å²) in [6.45, 7) is 2.23. The van der Waals surface area contributed by atoms with Gasteiger partial charge in [0.1, 0.15) is 5.75 Å². The number of methoxy groups -OCH3 is 1. The molecule has 1 aromatic heterocycles. The SMILES string of the molecule is COc1cccc(-c2noc(CNC(=O)c3ccc(CSc4ccc(C)cc4)cc3)n2)c1. The van der Waals surface area contributed by atoms with Crippen molar-refractivity contribution in [3.63, 3.8) is 0 Å². The summed E-state index contributed by atoms with van der Waals surface area (Å²) < 4.78 is 10.5. The number of amides is 1. The van der Waals surface area contributed by atoms with Crippen molar-refractivity contribution >= 4 is 17.7 Å². The third kappa shape index (κ3) is 5.56. The minimum Gasteiger partial charge on any atom is -0.497 e. The molecule has 0 aliphatic carbocycles. The van der Waals surface area contributed by atoms with Crippen molar-refractivity contribution in [2.45, 2.75) is 24.1 Å². The number of carbonyl (C=O) groups is 1. The molecular formula is C25H23N3O3S. The number of rotatable bonds is 8. The van der Waals surface area contributed by atoms with E-state index in [1.807, 2.05) is 48.5 Å². The topological polar surface area (TPSA) is 77.3 Å². The number of carbonyl (C=O) groups excluding carboxylic acids is 1. The zero-order valence-electron chi connectivity index (χ0n) is 17.9. The lowest BCUT2D eigenvalue weighted by molar-refractivity contribution is 0.0946. The molecule has 0 spiro atoms. The van der Waals surface area contributed by atoms with Crippen LogP contribution in [0.4, 0.5) is 0 Å². The number of thioether (sulfide) groups is 1. The summed E-state index contributed by atoms with van der Waals surface area (Å²) in [6, 6.07) is 23.5. The van der Waals surface area contributed by atoms with Crippen LogP contribution in [0.2, 0.25) is 0 Å². The molecule has 1 heterocycles. The highest BCUT2D eigenvalue weighted by Gasteiger charge is 2.12. The number of ether oxygens (including phenoxy) is 1. The molecule has 0 fully saturated rings. The Balaban J connectivity index is 1.30. The van der Waals surface area contributed by atoms with Crippen molar-refractivity contribution in [1.29, 1.82) is 0 Å². The molecule has 1 N–H and O–H groups in total. The Morgan fingerprint density at radius 1 is 1.06 bits per heavy atom. The van der Waals surface area contributed by atoms with E-state index in [-0.39, 0.29) is 12.5 Å². The molecule has 0 aliphatic heterocycles. The average molecular weight is 446 g/mol. The van der Waals surface area contributed by atoms with Gasteiger partial charge in [-0.25, -0.2) is 0 Å². The smallest absolute Gasteiger partial charge is 0.251 e. The average Bonchev–Trinajstić information content (AvgIpc) is 3.32. The Morgan fingerprint density at radius 3 is 2.59 bits per heavy atom. The number of nitrogens with one attached hydrogen (secondary N) is 1. The van der Waals surface area contributed by atoms with E-state index < -0.39 is 0 Å². The van der Waals surface area contributed by atoms with Crippen LogP contribution >= 0.6 is 11.8 Å². The van der Waals surface area contributed by atoms with Crippen LogP contribution in [0.5, 0.6) is 5.75 Å². The van der Waals surface area contributed by atoms with E-state index in [1.165, 1.54) is 10.5 Å². The normalized spacial score (nSPS) is 10.7. The molecule has 0 radical (unpaired) electrons. The van der Waals surface area contributed by atoms with Crippen molar-refractivity contribution in [3.8, 4) is 17.1 Å². The van der Waals surface area contributed by atoms with E-state index in [0.717, 1.165) is 16.9 Å². The number of nitrogens with zero attached hydrogens (tertiary/aromatic N) is 2. The van der Waals surface area contributed by atoms with E-state index in [0.29, 0.717) is 23.0 Å². The van der Waals surface area contributed by atoms with Crippen molar-refractivity contribution in [3.05, 3.63) is 95.4 Å². The second-order valence-corrected chi connectivity index (χ2v) is 8.27. The van der Waals surface area contributed by atoms with Gasteiger partial charge in [-0.05, 0) is 48.9 Å². The zero-order chi connectivity index (χ0) is 22.3. The number of benzene rings is 3. The molecule has 32 heavy (non-hydrogen) atoms. The van der Waals surface area contributed by atoms with Crippen LogP contribution in [0.1, 0.15) is 27.4 Å². The third-order valence-electron chi connectivity index (χ3n) is 4.84. The molecule has 0 saturated carbocycles. The standard InChI is InChI=1S/C25H23N3O3S/c1-17-6-12-22(13-7-17)32-16-18-8-10-19(11-9-18)25(29)26-15-23-27-24(28-31-23)20-4-3-5-21(14-20)30-2/h3-14H,15-16H2,1-2H3,(H,26,29). The molecule has 1 amide bonds. The van der Waals surface area contributed by atoms with Crippen LogP contribution in [0.25, 0.3) is 11.4 Å². The molecule has 3 aromatic carbocycles. The third-order valence-corrected chi connectivity index (χ3v) is 5.92. The van der Waals surface area contributed by atoms with E-state index in [2.05, 4.69) is 46.6 Å². The summed E-state index contributed by atoms with van der Waals surface area (Å²) in [5.74, 6) is 2.15. The predicted octanol–water partition coefficient (Wildman–Crippen LogP) is 5.28. The van der Waals surface area contributed by atoms with Gasteiger partial charge in [0.15, 0.2) is 0 Å². The van der Waals surface area contributed by atoms with Gasteiger partial charge in [-0.15, -0.1) is 11.8 Å². The van der Waals surface area contributed by atoms with Crippen LogP contribution in [0.3, 0.4) is 0 Å². The Morgan fingerprint density at radius 2 is 1.84 bits per heavy atom. The van der Waals surface area contributed by atoms with Crippen molar-refractivity contribution in [2.75, 3.05) is 7.11 Å². The molecule has 0 unspecified atom stereocenters. The quantitative estimate of drug-likeness (QED) is 0.372. The molecule has 4 rings (SSSR count). The van der Waals surface area contributed by atoms with Gasteiger partial charge < -0.3 is 14.6 Å².